The average Bonchev–Trinajstić information content (AvgIpc) is 1.75. The fourth-order valence-electron chi connectivity index (χ4n) is 0.204. The van der Waals surface area contributed by atoms with E-state index in [0.29, 0.717) is 0 Å². The maximum absolute atomic E-state index is 4.83. The molecule has 0 amide bonds. The first kappa shape index (κ1) is 16.1. The van der Waals surface area contributed by atoms with Gasteiger partial charge in [0.15, 0.2) is 0 Å². The van der Waals surface area contributed by atoms with E-state index in [4.69, 9.17) is 4.74 Å². The van der Waals surface area contributed by atoms with Gasteiger partial charge in [0.05, 0.1) is 0 Å². The van der Waals surface area contributed by atoms with E-state index in [0.717, 1.165) is 13.2 Å². The summed E-state index contributed by atoms with van der Waals surface area (Å²) in [5.41, 5.74) is 0. The molecule has 0 aliphatic heterocycles. The molecule has 0 N–H and O–H groups in total. The Morgan fingerprint density at radius 3 is 1.50 bits per heavy atom. The Morgan fingerprint density at radius 1 is 1.25 bits per heavy atom. The molecule has 0 fully saturated rings. The summed E-state index contributed by atoms with van der Waals surface area (Å²) in [6, 6.07) is 0. The van der Waals surface area contributed by atoms with Crippen molar-refractivity contribution in [3.8, 4) is 0 Å². The van der Waals surface area contributed by atoms with Crippen molar-refractivity contribution in [2.24, 2.45) is 0 Å². The summed E-state index contributed by atoms with van der Waals surface area (Å²) in [6.07, 6.45) is 0. The van der Waals surface area contributed by atoms with Crippen LogP contribution in [0, 0.1) is 0 Å². The SMILES string of the molecule is CBr.CCOCC.[H-].[H-].[Mg+2]. The fourth-order valence-corrected chi connectivity index (χ4v) is 0.204. The zero-order valence-electron chi connectivity index (χ0n) is 7.91. The first-order chi connectivity index (χ1) is 3.41. The van der Waals surface area contributed by atoms with Crippen molar-refractivity contribution in [1.29, 1.82) is 0 Å². The van der Waals surface area contributed by atoms with Gasteiger partial charge < -0.3 is 7.59 Å². The molecule has 3 heteroatoms. The third-order valence-electron chi connectivity index (χ3n) is 0.408. The Bertz CT molecular complexity index is 27.1. The van der Waals surface area contributed by atoms with E-state index in [-0.39, 0.29) is 25.9 Å². The van der Waals surface area contributed by atoms with E-state index in [2.05, 4.69) is 15.9 Å². The number of hydrogen-bond donors (Lipinski definition) is 0. The van der Waals surface area contributed by atoms with Crippen molar-refractivity contribution in [3.63, 3.8) is 0 Å². The summed E-state index contributed by atoms with van der Waals surface area (Å²) in [6.45, 7) is 5.67. The normalized spacial score (nSPS) is 6.00. The summed E-state index contributed by atoms with van der Waals surface area (Å²) in [7, 11) is 0. The second-order valence-corrected chi connectivity index (χ2v) is 0.781. The Hall–Kier alpha value is 1.21. The molecule has 0 saturated carbocycles. The van der Waals surface area contributed by atoms with Gasteiger partial charge in [-0.15, -0.1) is 0 Å². The molecule has 0 saturated heterocycles. The Balaban J connectivity index is -0.0000000154. The standard InChI is InChI=1S/C4H10O.CH3Br.Mg.2H/c1-3-5-4-2;1-2;;;/h3-4H2,1-2H3;1H3;;;/q;;+2;2*-1. The molecule has 0 atom stereocenters. The van der Waals surface area contributed by atoms with E-state index in [1.54, 1.807) is 0 Å². The Labute approximate surface area is 79.4 Å². The topological polar surface area (TPSA) is 9.23 Å². The quantitative estimate of drug-likeness (QED) is 0.483. The number of ether oxygens (including phenoxy) is 1. The van der Waals surface area contributed by atoms with E-state index >= 15 is 0 Å². The molecule has 50 valence electrons. The van der Waals surface area contributed by atoms with Crippen molar-refractivity contribution in [1.82, 2.24) is 0 Å². The monoisotopic (exact) mass is 194 g/mol. The zero-order chi connectivity index (χ0) is 6.12. The third-order valence-corrected chi connectivity index (χ3v) is 0.408. The largest absolute Gasteiger partial charge is 2.00 e. The maximum Gasteiger partial charge on any atom is 2.00 e. The van der Waals surface area contributed by atoms with E-state index in [1.165, 1.54) is 0 Å². The first-order valence-electron chi connectivity index (χ1n) is 2.37. The molecule has 1 nitrogen and oxygen atoms in total. The van der Waals surface area contributed by atoms with Gasteiger partial charge in [-0.05, 0) is 19.7 Å². The third kappa shape index (κ3) is 27.0. The van der Waals surface area contributed by atoms with E-state index < -0.39 is 0 Å². The fraction of sp³-hybridized carbons (Fsp3) is 1.00. The minimum absolute atomic E-state index is 0. The van der Waals surface area contributed by atoms with Crippen LogP contribution in [0.4, 0.5) is 0 Å². The Kier molecular flexibility index (Phi) is 48.5. The van der Waals surface area contributed by atoms with Gasteiger partial charge in [-0.3, -0.25) is 0 Å². The number of alkyl halides is 1. The van der Waals surface area contributed by atoms with Crippen molar-refractivity contribution in [2.45, 2.75) is 13.8 Å². The molecule has 0 radical (unpaired) electrons. The van der Waals surface area contributed by atoms with Crippen molar-refractivity contribution in [2.75, 3.05) is 19.0 Å². The Morgan fingerprint density at radius 2 is 1.50 bits per heavy atom. The first-order valence-corrected chi connectivity index (χ1v) is 3.96. The predicted molar refractivity (Wildman–Crippen MR) is 45.0 cm³/mol. The van der Waals surface area contributed by atoms with Crippen LogP contribution in [0.3, 0.4) is 0 Å². The van der Waals surface area contributed by atoms with Crippen LogP contribution < -0.4 is 0 Å². The van der Waals surface area contributed by atoms with Crippen LogP contribution in [0.5, 0.6) is 0 Å². The van der Waals surface area contributed by atoms with Gasteiger partial charge in [0.1, 0.15) is 0 Å². The molecule has 0 aromatic rings. The van der Waals surface area contributed by atoms with Crippen LogP contribution in [0.25, 0.3) is 0 Å². The molecule has 0 aliphatic rings. The molecular weight excluding hydrogens is 180 g/mol. The minimum atomic E-state index is 0. The molecule has 0 rings (SSSR count). The zero-order valence-corrected chi connectivity index (χ0v) is 8.91. The number of halogens is 1. The van der Waals surface area contributed by atoms with Crippen LogP contribution in [0.2, 0.25) is 0 Å². The van der Waals surface area contributed by atoms with Gasteiger partial charge in [-0.1, -0.05) is 15.9 Å². The van der Waals surface area contributed by atoms with Gasteiger partial charge in [0.25, 0.3) is 0 Å². The molecule has 0 bridgehead atoms. The summed E-state index contributed by atoms with van der Waals surface area (Å²) < 4.78 is 4.83. The second-order valence-electron chi connectivity index (χ2n) is 0.781. The summed E-state index contributed by atoms with van der Waals surface area (Å²) in [5, 5.41) is 0. The summed E-state index contributed by atoms with van der Waals surface area (Å²) in [4.78, 5) is 0. The number of hydrogen-bond acceptors (Lipinski definition) is 1. The smallest absolute Gasteiger partial charge is 1.00 e. The molecular formula is C5H15BrMgO. The van der Waals surface area contributed by atoms with Crippen molar-refractivity contribution in [3.05, 3.63) is 0 Å². The molecule has 0 aliphatic carbocycles. The van der Waals surface area contributed by atoms with Gasteiger partial charge in [0, 0.05) is 13.2 Å². The average molecular weight is 195 g/mol. The van der Waals surface area contributed by atoms with Crippen LogP contribution in [0.15, 0.2) is 0 Å². The van der Waals surface area contributed by atoms with Gasteiger partial charge >= 0.3 is 23.1 Å². The van der Waals surface area contributed by atoms with Crippen molar-refractivity contribution >= 4 is 39.0 Å². The minimum Gasteiger partial charge on any atom is -1.00 e. The van der Waals surface area contributed by atoms with E-state index in [1.807, 2.05) is 19.7 Å². The number of rotatable bonds is 2. The molecule has 0 aromatic heterocycles. The molecule has 0 unspecified atom stereocenters. The van der Waals surface area contributed by atoms with Gasteiger partial charge in [-0.2, -0.15) is 0 Å². The maximum atomic E-state index is 4.83. The van der Waals surface area contributed by atoms with Gasteiger partial charge in [-0.25, -0.2) is 0 Å². The van der Waals surface area contributed by atoms with Gasteiger partial charge in [0.2, 0.25) is 0 Å². The van der Waals surface area contributed by atoms with Crippen LogP contribution in [-0.4, -0.2) is 42.1 Å². The van der Waals surface area contributed by atoms with E-state index in [9.17, 15) is 0 Å². The van der Waals surface area contributed by atoms with Crippen LogP contribution in [0.1, 0.15) is 16.7 Å². The van der Waals surface area contributed by atoms with Crippen LogP contribution in [-0.2, 0) is 4.74 Å². The molecule has 0 heterocycles. The predicted octanol–water partition coefficient (Wildman–Crippen LogP) is 1.90. The molecule has 8 heavy (non-hydrogen) atoms. The second kappa shape index (κ2) is 24.1. The molecule has 0 aromatic carbocycles. The molecule has 0 spiro atoms. The van der Waals surface area contributed by atoms with Crippen molar-refractivity contribution < 1.29 is 7.59 Å². The summed E-state index contributed by atoms with van der Waals surface area (Å²) >= 11 is 2.94. The summed E-state index contributed by atoms with van der Waals surface area (Å²) in [5.74, 6) is 1.81. The van der Waals surface area contributed by atoms with Crippen LogP contribution >= 0.6 is 15.9 Å².